The minimum Gasteiger partial charge on any atom is -0.365 e. The molecule has 3 N–H and O–H groups in total. The van der Waals surface area contributed by atoms with Crippen molar-refractivity contribution >= 4 is 11.7 Å². The molecule has 124 valence electrons. The van der Waals surface area contributed by atoms with E-state index in [0.717, 1.165) is 31.5 Å². The van der Waals surface area contributed by atoms with E-state index in [4.69, 9.17) is 5.73 Å². The number of ketones is 1. The van der Waals surface area contributed by atoms with Crippen molar-refractivity contribution in [3.05, 3.63) is 59.2 Å². The topological polar surface area (TPSA) is 98.0 Å². The van der Waals surface area contributed by atoms with Crippen LogP contribution in [0.5, 0.6) is 0 Å². The molecule has 2 heterocycles. The first-order chi connectivity index (χ1) is 11.6. The van der Waals surface area contributed by atoms with E-state index in [0.29, 0.717) is 5.82 Å². The van der Waals surface area contributed by atoms with Crippen LogP contribution in [0, 0.1) is 0 Å². The number of benzene rings is 1. The summed E-state index contributed by atoms with van der Waals surface area (Å²) in [6.45, 7) is 1.80. The minimum absolute atomic E-state index is 0.0913. The molecular formula is C18H20N4O2. The van der Waals surface area contributed by atoms with E-state index in [9.17, 15) is 9.59 Å². The lowest BCUT2D eigenvalue weighted by Gasteiger charge is -2.21. The second-order valence-electron chi connectivity index (χ2n) is 5.96. The van der Waals surface area contributed by atoms with Gasteiger partial charge in [0, 0.05) is 18.5 Å². The lowest BCUT2D eigenvalue weighted by molar-refractivity contribution is 0.0958. The Balaban J connectivity index is 1.90. The number of nitrogens with two attached hydrogens (primary N) is 1. The van der Waals surface area contributed by atoms with Crippen molar-refractivity contribution in [3.8, 4) is 0 Å². The van der Waals surface area contributed by atoms with Crippen LogP contribution in [0.1, 0.15) is 51.0 Å². The standard InChI is InChI=1S/C18H20N4O2/c19-17(24)14-11-21-18(13-6-8-20-9-7-13)22-16(14)15(23)10-12-4-2-1-3-5-12/h1-5,11,13,20H,6-10H2,(H2,19,24). The van der Waals surface area contributed by atoms with Gasteiger partial charge in [-0.1, -0.05) is 30.3 Å². The van der Waals surface area contributed by atoms with Gasteiger partial charge in [-0.2, -0.15) is 0 Å². The van der Waals surface area contributed by atoms with E-state index in [1.807, 2.05) is 30.3 Å². The molecule has 1 aliphatic rings. The second kappa shape index (κ2) is 7.31. The highest BCUT2D eigenvalue weighted by Gasteiger charge is 2.23. The molecule has 1 saturated heterocycles. The molecular weight excluding hydrogens is 304 g/mol. The molecule has 2 aromatic rings. The number of carbonyl (C=O) groups is 2. The van der Waals surface area contributed by atoms with Crippen LogP contribution in [0.15, 0.2) is 36.5 Å². The van der Waals surface area contributed by atoms with Crippen LogP contribution in [0.4, 0.5) is 0 Å². The largest absolute Gasteiger partial charge is 0.365 e. The van der Waals surface area contributed by atoms with Crippen molar-refractivity contribution in [3.63, 3.8) is 0 Å². The van der Waals surface area contributed by atoms with Crippen LogP contribution >= 0.6 is 0 Å². The molecule has 0 radical (unpaired) electrons. The van der Waals surface area contributed by atoms with Crippen molar-refractivity contribution in [2.75, 3.05) is 13.1 Å². The van der Waals surface area contributed by atoms with Crippen LogP contribution in [0.25, 0.3) is 0 Å². The van der Waals surface area contributed by atoms with Gasteiger partial charge in [-0.3, -0.25) is 9.59 Å². The number of primary amides is 1. The van der Waals surface area contributed by atoms with Gasteiger partial charge in [0.05, 0.1) is 5.56 Å². The average Bonchev–Trinajstić information content (AvgIpc) is 2.62. The Morgan fingerprint density at radius 3 is 2.54 bits per heavy atom. The molecule has 0 atom stereocenters. The summed E-state index contributed by atoms with van der Waals surface area (Å²) in [6, 6.07) is 9.38. The van der Waals surface area contributed by atoms with Crippen molar-refractivity contribution in [1.29, 1.82) is 0 Å². The molecule has 3 rings (SSSR count). The van der Waals surface area contributed by atoms with E-state index in [2.05, 4.69) is 15.3 Å². The SMILES string of the molecule is NC(=O)c1cnc(C2CCNCC2)nc1C(=O)Cc1ccccc1. The van der Waals surface area contributed by atoms with Gasteiger partial charge in [0.1, 0.15) is 11.5 Å². The first kappa shape index (κ1) is 16.3. The molecule has 0 unspecified atom stereocenters. The van der Waals surface area contributed by atoms with Gasteiger partial charge in [0.15, 0.2) is 5.78 Å². The summed E-state index contributed by atoms with van der Waals surface area (Å²) in [4.78, 5) is 33.0. The summed E-state index contributed by atoms with van der Waals surface area (Å²) < 4.78 is 0. The fourth-order valence-corrected chi connectivity index (χ4v) is 2.93. The van der Waals surface area contributed by atoms with Gasteiger partial charge in [-0.05, 0) is 31.5 Å². The van der Waals surface area contributed by atoms with Crippen LogP contribution < -0.4 is 11.1 Å². The molecule has 6 nitrogen and oxygen atoms in total. The molecule has 1 amide bonds. The Bertz CT molecular complexity index is 740. The zero-order valence-electron chi connectivity index (χ0n) is 13.4. The van der Waals surface area contributed by atoms with Gasteiger partial charge < -0.3 is 11.1 Å². The van der Waals surface area contributed by atoms with E-state index >= 15 is 0 Å². The number of Topliss-reactive ketones (excluding diaryl/α,β-unsaturated/α-hetero) is 1. The zero-order chi connectivity index (χ0) is 16.9. The molecule has 6 heteroatoms. The highest BCUT2D eigenvalue weighted by atomic mass is 16.1. The third-order valence-electron chi connectivity index (χ3n) is 4.25. The average molecular weight is 324 g/mol. The second-order valence-corrected chi connectivity index (χ2v) is 5.96. The maximum absolute atomic E-state index is 12.7. The van der Waals surface area contributed by atoms with Gasteiger partial charge in [-0.25, -0.2) is 9.97 Å². The molecule has 1 fully saturated rings. The summed E-state index contributed by atoms with van der Waals surface area (Å²) in [6.07, 6.45) is 3.42. The first-order valence-electron chi connectivity index (χ1n) is 8.09. The number of amides is 1. The lowest BCUT2D eigenvalue weighted by Crippen LogP contribution is -2.28. The monoisotopic (exact) mass is 324 g/mol. The van der Waals surface area contributed by atoms with Gasteiger partial charge in [-0.15, -0.1) is 0 Å². The van der Waals surface area contributed by atoms with E-state index in [1.165, 1.54) is 6.20 Å². The Hall–Kier alpha value is -2.60. The maximum Gasteiger partial charge on any atom is 0.252 e. The Morgan fingerprint density at radius 2 is 1.88 bits per heavy atom. The number of hydrogen-bond acceptors (Lipinski definition) is 5. The molecule has 0 saturated carbocycles. The summed E-state index contributed by atoms with van der Waals surface area (Å²) in [5, 5.41) is 3.29. The van der Waals surface area contributed by atoms with Crippen LogP contribution in [-0.2, 0) is 6.42 Å². The highest BCUT2D eigenvalue weighted by Crippen LogP contribution is 2.23. The number of rotatable bonds is 5. The molecule has 1 aliphatic heterocycles. The third kappa shape index (κ3) is 3.65. The summed E-state index contributed by atoms with van der Waals surface area (Å²) in [7, 11) is 0. The normalized spacial score (nSPS) is 15.2. The lowest BCUT2D eigenvalue weighted by atomic mass is 9.96. The Morgan fingerprint density at radius 1 is 1.17 bits per heavy atom. The van der Waals surface area contributed by atoms with Crippen molar-refractivity contribution in [2.45, 2.75) is 25.2 Å². The number of nitrogens with one attached hydrogen (secondary N) is 1. The number of nitrogens with zero attached hydrogens (tertiary/aromatic N) is 2. The summed E-state index contributed by atoms with van der Waals surface area (Å²) in [5.74, 6) is -0.0646. The molecule has 24 heavy (non-hydrogen) atoms. The van der Waals surface area contributed by atoms with E-state index < -0.39 is 5.91 Å². The van der Waals surface area contributed by atoms with Crippen molar-refractivity contribution in [1.82, 2.24) is 15.3 Å². The van der Waals surface area contributed by atoms with Gasteiger partial charge >= 0.3 is 0 Å². The molecule has 0 bridgehead atoms. The van der Waals surface area contributed by atoms with E-state index in [-0.39, 0.29) is 29.4 Å². The molecule has 1 aromatic heterocycles. The third-order valence-corrected chi connectivity index (χ3v) is 4.25. The molecule has 0 spiro atoms. The van der Waals surface area contributed by atoms with Crippen molar-refractivity contribution < 1.29 is 9.59 Å². The zero-order valence-corrected chi connectivity index (χ0v) is 13.4. The quantitative estimate of drug-likeness (QED) is 0.812. The Kier molecular flexibility index (Phi) is 4.96. The first-order valence-corrected chi connectivity index (χ1v) is 8.09. The van der Waals surface area contributed by atoms with Crippen LogP contribution in [0.2, 0.25) is 0 Å². The van der Waals surface area contributed by atoms with Crippen LogP contribution in [0.3, 0.4) is 0 Å². The summed E-state index contributed by atoms with van der Waals surface area (Å²) in [5.41, 5.74) is 6.49. The van der Waals surface area contributed by atoms with Crippen LogP contribution in [-0.4, -0.2) is 34.7 Å². The number of hydrogen-bond donors (Lipinski definition) is 2. The predicted octanol–water partition coefficient (Wildman–Crippen LogP) is 1.47. The molecule has 0 aliphatic carbocycles. The fraction of sp³-hybridized carbons (Fsp3) is 0.333. The van der Waals surface area contributed by atoms with E-state index in [1.54, 1.807) is 0 Å². The smallest absolute Gasteiger partial charge is 0.252 e. The number of aromatic nitrogens is 2. The Labute approximate surface area is 140 Å². The molecule has 1 aromatic carbocycles. The maximum atomic E-state index is 12.7. The summed E-state index contributed by atoms with van der Waals surface area (Å²) >= 11 is 0. The van der Waals surface area contributed by atoms with Gasteiger partial charge in [0.25, 0.3) is 5.91 Å². The number of carbonyl (C=O) groups excluding carboxylic acids is 2. The predicted molar refractivity (Wildman–Crippen MR) is 89.9 cm³/mol. The number of piperidine rings is 1. The minimum atomic E-state index is -0.678. The fourth-order valence-electron chi connectivity index (χ4n) is 2.93. The van der Waals surface area contributed by atoms with Crippen molar-refractivity contribution in [2.24, 2.45) is 5.73 Å². The highest BCUT2D eigenvalue weighted by molar-refractivity contribution is 6.06. The van der Waals surface area contributed by atoms with Gasteiger partial charge in [0.2, 0.25) is 0 Å².